The molecule has 0 amide bonds. The van der Waals surface area contributed by atoms with Crippen molar-refractivity contribution in [2.75, 3.05) is 32.8 Å². The number of benzene rings is 1. The highest BCUT2D eigenvalue weighted by atomic mass is 35.5. The van der Waals surface area contributed by atoms with E-state index in [9.17, 15) is 0 Å². The normalized spacial score (nSPS) is 18.9. The first-order valence-corrected chi connectivity index (χ1v) is 8.22. The van der Waals surface area contributed by atoms with E-state index in [2.05, 4.69) is 15.0 Å². The van der Waals surface area contributed by atoms with Crippen molar-refractivity contribution >= 4 is 11.6 Å². The average Bonchev–Trinajstić information content (AvgIpc) is 3.05. The molecule has 1 fully saturated rings. The van der Waals surface area contributed by atoms with Crippen LogP contribution in [0.25, 0.3) is 0 Å². The summed E-state index contributed by atoms with van der Waals surface area (Å²) in [5.74, 6) is 0.823. The van der Waals surface area contributed by atoms with Crippen LogP contribution in [-0.4, -0.2) is 58.6 Å². The van der Waals surface area contributed by atoms with Crippen molar-refractivity contribution in [2.45, 2.75) is 19.1 Å². The van der Waals surface area contributed by atoms with Crippen LogP contribution < -0.4 is 4.74 Å². The Morgan fingerprint density at radius 2 is 2.35 bits per heavy atom. The predicted molar refractivity (Wildman–Crippen MR) is 87.8 cm³/mol. The fourth-order valence-electron chi connectivity index (χ4n) is 2.66. The summed E-state index contributed by atoms with van der Waals surface area (Å²) in [6, 6.07) is 7.50. The van der Waals surface area contributed by atoms with Crippen LogP contribution in [0.4, 0.5) is 0 Å². The van der Waals surface area contributed by atoms with E-state index in [4.69, 9.17) is 21.1 Å². The SMILES string of the molecule is Clc1cccc(OCCCN2CCO[C@@H](Cn3cncn3)C2)c1. The van der Waals surface area contributed by atoms with Gasteiger partial charge in [0.2, 0.25) is 0 Å². The van der Waals surface area contributed by atoms with Crippen LogP contribution in [0.1, 0.15) is 6.42 Å². The molecule has 1 aliphatic rings. The third-order valence-corrected chi connectivity index (χ3v) is 4.00. The van der Waals surface area contributed by atoms with Crippen LogP contribution in [0.3, 0.4) is 0 Å². The number of nitrogens with zero attached hydrogens (tertiary/aromatic N) is 4. The number of hydrogen-bond acceptors (Lipinski definition) is 5. The quantitative estimate of drug-likeness (QED) is 0.725. The highest BCUT2D eigenvalue weighted by molar-refractivity contribution is 6.30. The van der Waals surface area contributed by atoms with Gasteiger partial charge in [0.1, 0.15) is 18.4 Å². The van der Waals surface area contributed by atoms with Gasteiger partial charge in [-0.15, -0.1) is 0 Å². The molecule has 2 aromatic rings. The lowest BCUT2D eigenvalue weighted by Gasteiger charge is -2.32. The summed E-state index contributed by atoms with van der Waals surface area (Å²) < 4.78 is 13.3. The molecular weight excluding hydrogens is 316 g/mol. The number of ether oxygens (including phenoxy) is 2. The van der Waals surface area contributed by atoms with Crippen LogP contribution in [0.2, 0.25) is 5.02 Å². The molecule has 0 spiro atoms. The number of halogens is 1. The van der Waals surface area contributed by atoms with Gasteiger partial charge in [0, 0.05) is 24.7 Å². The van der Waals surface area contributed by atoms with E-state index in [0.29, 0.717) is 11.6 Å². The summed E-state index contributed by atoms with van der Waals surface area (Å²) in [6.45, 7) is 5.06. The van der Waals surface area contributed by atoms with Crippen molar-refractivity contribution < 1.29 is 9.47 Å². The van der Waals surface area contributed by atoms with E-state index in [-0.39, 0.29) is 6.10 Å². The van der Waals surface area contributed by atoms with Gasteiger partial charge >= 0.3 is 0 Å². The summed E-state index contributed by atoms with van der Waals surface area (Å²) in [6.07, 6.45) is 4.41. The molecule has 23 heavy (non-hydrogen) atoms. The second-order valence-corrected chi connectivity index (χ2v) is 6.01. The van der Waals surface area contributed by atoms with Gasteiger partial charge in [-0.25, -0.2) is 4.98 Å². The Balaban J connectivity index is 1.36. The minimum Gasteiger partial charge on any atom is -0.493 e. The maximum Gasteiger partial charge on any atom is 0.137 e. The molecule has 1 aromatic heterocycles. The fourth-order valence-corrected chi connectivity index (χ4v) is 2.84. The van der Waals surface area contributed by atoms with Gasteiger partial charge in [0.05, 0.1) is 25.9 Å². The third kappa shape index (κ3) is 5.20. The molecule has 1 saturated heterocycles. The summed E-state index contributed by atoms with van der Waals surface area (Å²) in [5, 5.41) is 4.83. The lowest BCUT2D eigenvalue weighted by Crippen LogP contribution is -2.44. The van der Waals surface area contributed by atoms with Crippen LogP contribution in [0, 0.1) is 0 Å². The van der Waals surface area contributed by atoms with Gasteiger partial charge in [-0.3, -0.25) is 9.58 Å². The van der Waals surface area contributed by atoms with Crippen LogP contribution >= 0.6 is 11.6 Å². The van der Waals surface area contributed by atoms with Crippen LogP contribution in [0.5, 0.6) is 5.75 Å². The maximum atomic E-state index is 5.94. The number of morpholine rings is 1. The number of rotatable bonds is 7. The van der Waals surface area contributed by atoms with Gasteiger partial charge < -0.3 is 9.47 Å². The molecule has 1 aliphatic heterocycles. The lowest BCUT2D eigenvalue weighted by atomic mass is 10.2. The molecule has 0 bridgehead atoms. The van der Waals surface area contributed by atoms with Crippen molar-refractivity contribution in [3.8, 4) is 5.75 Å². The first-order valence-electron chi connectivity index (χ1n) is 7.84. The Labute approximate surface area is 141 Å². The molecule has 0 radical (unpaired) electrons. The van der Waals surface area contributed by atoms with E-state index < -0.39 is 0 Å². The lowest BCUT2D eigenvalue weighted by molar-refractivity contribution is -0.0384. The van der Waals surface area contributed by atoms with Crippen molar-refractivity contribution in [3.05, 3.63) is 41.9 Å². The van der Waals surface area contributed by atoms with Gasteiger partial charge in [0.25, 0.3) is 0 Å². The first kappa shape index (κ1) is 16.2. The van der Waals surface area contributed by atoms with E-state index in [1.54, 1.807) is 12.7 Å². The smallest absolute Gasteiger partial charge is 0.137 e. The summed E-state index contributed by atoms with van der Waals surface area (Å²) in [5.41, 5.74) is 0. The summed E-state index contributed by atoms with van der Waals surface area (Å²) in [7, 11) is 0. The molecule has 124 valence electrons. The van der Waals surface area contributed by atoms with Gasteiger partial charge in [0.15, 0.2) is 0 Å². The minimum atomic E-state index is 0.166. The monoisotopic (exact) mass is 336 g/mol. The maximum absolute atomic E-state index is 5.94. The standard InChI is InChI=1S/C16H21ClN4O2/c17-14-3-1-4-15(9-14)22-7-2-5-20-6-8-23-16(10-20)11-21-13-18-12-19-21/h1,3-4,9,12-13,16H,2,5-8,10-11H2/t16-/m1/s1. The molecule has 1 atom stereocenters. The molecule has 1 aromatic carbocycles. The number of aromatic nitrogens is 3. The highest BCUT2D eigenvalue weighted by Crippen LogP contribution is 2.17. The Morgan fingerprint density at radius 1 is 1.39 bits per heavy atom. The molecule has 2 heterocycles. The average molecular weight is 337 g/mol. The second-order valence-electron chi connectivity index (χ2n) is 5.57. The Bertz CT molecular complexity index is 594. The third-order valence-electron chi connectivity index (χ3n) is 3.76. The fraction of sp³-hybridized carbons (Fsp3) is 0.500. The van der Waals surface area contributed by atoms with Crippen molar-refractivity contribution in [2.24, 2.45) is 0 Å². The molecule has 0 unspecified atom stereocenters. The number of hydrogen-bond donors (Lipinski definition) is 0. The minimum absolute atomic E-state index is 0.166. The van der Waals surface area contributed by atoms with Crippen LogP contribution in [0.15, 0.2) is 36.9 Å². The molecule has 3 rings (SSSR count). The zero-order valence-electron chi connectivity index (χ0n) is 13.0. The van der Waals surface area contributed by atoms with Gasteiger partial charge in [-0.05, 0) is 24.6 Å². The van der Waals surface area contributed by atoms with E-state index >= 15 is 0 Å². The van der Waals surface area contributed by atoms with E-state index in [0.717, 1.165) is 45.0 Å². The first-order chi connectivity index (χ1) is 11.3. The highest BCUT2D eigenvalue weighted by Gasteiger charge is 2.20. The van der Waals surface area contributed by atoms with Crippen molar-refractivity contribution in [1.82, 2.24) is 19.7 Å². The van der Waals surface area contributed by atoms with Crippen molar-refractivity contribution in [1.29, 1.82) is 0 Å². The molecular formula is C16H21ClN4O2. The molecule has 0 aliphatic carbocycles. The summed E-state index contributed by atoms with van der Waals surface area (Å²) >= 11 is 5.94. The Hall–Kier alpha value is -1.63. The molecule has 0 saturated carbocycles. The van der Waals surface area contributed by atoms with Gasteiger partial charge in [-0.1, -0.05) is 17.7 Å². The molecule has 6 nitrogen and oxygen atoms in total. The topological polar surface area (TPSA) is 52.4 Å². The van der Waals surface area contributed by atoms with Crippen molar-refractivity contribution in [3.63, 3.8) is 0 Å². The zero-order chi connectivity index (χ0) is 15.9. The van der Waals surface area contributed by atoms with Crippen LogP contribution in [-0.2, 0) is 11.3 Å². The summed E-state index contributed by atoms with van der Waals surface area (Å²) in [4.78, 5) is 6.37. The molecule has 7 heteroatoms. The zero-order valence-corrected chi connectivity index (χ0v) is 13.7. The largest absolute Gasteiger partial charge is 0.493 e. The van der Waals surface area contributed by atoms with E-state index in [1.807, 2.05) is 28.9 Å². The Kier molecular flexibility index (Phi) is 5.85. The Morgan fingerprint density at radius 3 is 3.17 bits per heavy atom. The predicted octanol–water partition coefficient (Wildman–Crippen LogP) is 2.10. The molecule has 0 N–H and O–H groups in total. The van der Waals surface area contributed by atoms with E-state index in [1.165, 1.54) is 0 Å². The van der Waals surface area contributed by atoms with Gasteiger partial charge in [-0.2, -0.15) is 5.10 Å². The second kappa shape index (κ2) is 8.29.